The Labute approximate surface area is 79.4 Å². The van der Waals surface area contributed by atoms with Gasteiger partial charge in [-0.3, -0.25) is 0 Å². The highest BCUT2D eigenvalue weighted by Gasteiger charge is 2.03. The van der Waals surface area contributed by atoms with Gasteiger partial charge in [-0.1, -0.05) is 23.2 Å². The number of hydrazone groups is 1. The molecule has 0 unspecified atom stereocenters. The molecule has 0 aliphatic heterocycles. The molecule has 5 heteroatoms. The number of phenols is 1. The normalized spacial score (nSPS) is 10.8. The maximum atomic E-state index is 9.16. The van der Waals surface area contributed by atoms with Crippen LogP contribution in [0.5, 0.6) is 5.75 Å². The van der Waals surface area contributed by atoms with Crippen molar-refractivity contribution in [2.24, 2.45) is 10.9 Å². The first kappa shape index (κ1) is 9.16. The van der Waals surface area contributed by atoms with E-state index in [1.165, 1.54) is 18.3 Å². The van der Waals surface area contributed by atoms with E-state index in [9.17, 15) is 0 Å². The highest BCUT2D eigenvalue weighted by molar-refractivity contribution is 6.37. The summed E-state index contributed by atoms with van der Waals surface area (Å²) in [5.41, 5.74) is 0.529. The number of aromatic hydroxyl groups is 1. The number of nitrogens with zero attached hydrogens (tertiary/aromatic N) is 1. The number of nitrogens with two attached hydrogens (primary N) is 1. The van der Waals surface area contributed by atoms with Gasteiger partial charge in [0.2, 0.25) is 0 Å². The number of hydrogen-bond acceptors (Lipinski definition) is 3. The molecule has 0 amide bonds. The van der Waals surface area contributed by atoms with Crippen LogP contribution in [-0.4, -0.2) is 11.3 Å². The van der Waals surface area contributed by atoms with Crippen molar-refractivity contribution in [1.82, 2.24) is 0 Å². The van der Waals surface area contributed by atoms with E-state index in [2.05, 4.69) is 5.10 Å². The predicted octanol–water partition coefficient (Wildman–Crippen LogP) is 1.99. The van der Waals surface area contributed by atoms with Gasteiger partial charge in [-0.25, -0.2) is 0 Å². The van der Waals surface area contributed by atoms with E-state index < -0.39 is 0 Å². The lowest BCUT2D eigenvalue weighted by molar-refractivity contribution is 0.475. The quantitative estimate of drug-likeness (QED) is 0.418. The summed E-state index contributed by atoms with van der Waals surface area (Å²) in [5, 5.41) is 13.0. The van der Waals surface area contributed by atoms with Crippen LogP contribution < -0.4 is 5.84 Å². The van der Waals surface area contributed by atoms with Gasteiger partial charge in [-0.05, 0) is 12.1 Å². The molecule has 0 aromatic heterocycles. The van der Waals surface area contributed by atoms with Gasteiger partial charge in [0.25, 0.3) is 0 Å². The van der Waals surface area contributed by atoms with Gasteiger partial charge in [0.05, 0.1) is 16.3 Å². The average Bonchev–Trinajstić information content (AvgIpc) is 2.01. The molecule has 3 N–H and O–H groups in total. The van der Waals surface area contributed by atoms with Gasteiger partial charge in [0, 0.05) is 5.56 Å². The van der Waals surface area contributed by atoms with Crippen molar-refractivity contribution in [3.05, 3.63) is 27.7 Å². The lowest BCUT2D eigenvalue weighted by Gasteiger charge is -2.00. The van der Waals surface area contributed by atoms with E-state index in [4.69, 9.17) is 34.2 Å². The third kappa shape index (κ3) is 1.81. The minimum absolute atomic E-state index is 0.0454. The molecule has 0 saturated heterocycles. The van der Waals surface area contributed by atoms with E-state index in [0.29, 0.717) is 10.6 Å². The first-order chi connectivity index (χ1) is 5.65. The maximum Gasteiger partial charge on any atom is 0.134 e. The summed E-state index contributed by atoms with van der Waals surface area (Å²) < 4.78 is 0. The Hall–Kier alpha value is -0.930. The van der Waals surface area contributed by atoms with Gasteiger partial charge in [0.1, 0.15) is 5.75 Å². The van der Waals surface area contributed by atoms with Crippen LogP contribution in [0.1, 0.15) is 5.56 Å². The smallest absolute Gasteiger partial charge is 0.134 e. The summed E-state index contributed by atoms with van der Waals surface area (Å²) in [4.78, 5) is 0. The van der Waals surface area contributed by atoms with E-state index in [1.807, 2.05) is 0 Å². The first-order valence-corrected chi connectivity index (χ1v) is 3.82. The minimum Gasteiger partial charge on any atom is -0.506 e. The third-order valence-corrected chi connectivity index (χ3v) is 1.91. The highest BCUT2D eigenvalue weighted by atomic mass is 35.5. The molecule has 0 aliphatic carbocycles. The van der Waals surface area contributed by atoms with Crippen LogP contribution in [0.3, 0.4) is 0 Å². The van der Waals surface area contributed by atoms with Crippen LogP contribution in [0, 0.1) is 0 Å². The van der Waals surface area contributed by atoms with Crippen LogP contribution in [-0.2, 0) is 0 Å². The Morgan fingerprint density at radius 2 is 2.00 bits per heavy atom. The Balaban J connectivity index is 3.23. The topological polar surface area (TPSA) is 58.6 Å². The lowest BCUT2D eigenvalue weighted by atomic mass is 10.2. The number of rotatable bonds is 1. The van der Waals surface area contributed by atoms with Crippen molar-refractivity contribution in [3.63, 3.8) is 0 Å². The molecular formula is C7H6Cl2N2O. The van der Waals surface area contributed by atoms with Gasteiger partial charge in [-0.15, -0.1) is 0 Å². The van der Waals surface area contributed by atoms with Gasteiger partial charge < -0.3 is 10.9 Å². The van der Waals surface area contributed by atoms with Gasteiger partial charge >= 0.3 is 0 Å². The Kier molecular flexibility index (Phi) is 2.78. The Morgan fingerprint density at radius 1 is 1.33 bits per heavy atom. The van der Waals surface area contributed by atoms with Crippen LogP contribution in [0.15, 0.2) is 17.2 Å². The fourth-order valence-corrected chi connectivity index (χ4v) is 1.16. The minimum atomic E-state index is -0.0454. The summed E-state index contributed by atoms with van der Waals surface area (Å²) >= 11 is 11.3. The molecule has 3 nitrogen and oxygen atoms in total. The molecule has 0 heterocycles. The molecular weight excluding hydrogens is 199 g/mol. The second-order valence-corrected chi connectivity index (χ2v) is 2.92. The van der Waals surface area contributed by atoms with Crippen molar-refractivity contribution in [3.8, 4) is 5.75 Å². The van der Waals surface area contributed by atoms with Crippen LogP contribution in [0.4, 0.5) is 0 Å². The van der Waals surface area contributed by atoms with E-state index in [1.54, 1.807) is 0 Å². The molecule has 0 saturated carbocycles. The summed E-state index contributed by atoms with van der Waals surface area (Å²) in [5.74, 6) is 4.87. The zero-order chi connectivity index (χ0) is 9.14. The van der Waals surface area contributed by atoms with E-state index >= 15 is 0 Å². The fraction of sp³-hybridized carbons (Fsp3) is 0. The maximum absolute atomic E-state index is 9.16. The summed E-state index contributed by atoms with van der Waals surface area (Å²) in [6, 6.07) is 2.82. The number of hydrogen-bond donors (Lipinski definition) is 2. The summed E-state index contributed by atoms with van der Waals surface area (Å²) in [6.07, 6.45) is 1.33. The standard InChI is InChI=1S/C7H6Cl2N2O/c8-5-2-6(9)7(12)1-4(5)3-11-10/h1-3,12H,10H2. The molecule has 1 rings (SSSR count). The largest absolute Gasteiger partial charge is 0.506 e. The van der Waals surface area contributed by atoms with Crippen LogP contribution >= 0.6 is 23.2 Å². The molecule has 1 aromatic carbocycles. The zero-order valence-corrected chi connectivity index (χ0v) is 7.47. The van der Waals surface area contributed by atoms with E-state index in [-0.39, 0.29) is 10.8 Å². The number of phenolic OH excluding ortho intramolecular Hbond substituents is 1. The second-order valence-electron chi connectivity index (χ2n) is 2.10. The Bertz CT molecular complexity index is 325. The van der Waals surface area contributed by atoms with Crippen molar-refractivity contribution >= 4 is 29.4 Å². The molecule has 0 aliphatic rings. The van der Waals surface area contributed by atoms with Crippen molar-refractivity contribution in [1.29, 1.82) is 0 Å². The molecule has 64 valence electrons. The first-order valence-electron chi connectivity index (χ1n) is 3.06. The van der Waals surface area contributed by atoms with Gasteiger partial charge in [-0.2, -0.15) is 5.10 Å². The van der Waals surface area contributed by atoms with Crippen LogP contribution in [0.25, 0.3) is 0 Å². The molecule has 0 bridgehead atoms. The van der Waals surface area contributed by atoms with Crippen LogP contribution in [0.2, 0.25) is 10.0 Å². The van der Waals surface area contributed by atoms with Crippen molar-refractivity contribution in [2.45, 2.75) is 0 Å². The molecule has 0 radical (unpaired) electrons. The second kappa shape index (κ2) is 3.65. The molecule has 0 atom stereocenters. The zero-order valence-electron chi connectivity index (χ0n) is 5.96. The third-order valence-electron chi connectivity index (χ3n) is 1.28. The molecule has 1 aromatic rings. The van der Waals surface area contributed by atoms with E-state index in [0.717, 1.165) is 0 Å². The average molecular weight is 205 g/mol. The number of halogens is 2. The molecule has 0 fully saturated rings. The Morgan fingerprint density at radius 3 is 2.58 bits per heavy atom. The fourth-order valence-electron chi connectivity index (χ4n) is 0.733. The summed E-state index contributed by atoms with van der Waals surface area (Å²) in [6.45, 7) is 0. The lowest BCUT2D eigenvalue weighted by Crippen LogP contribution is -1.87. The molecule has 0 spiro atoms. The number of benzene rings is 1. The molecule has 12 heavy (non-hydrogen) atoms. The summed E-state index contributed by atoms with van der Waals surface area (Å²) in [7, 11) is 0. The monoisotopic (exact) mass is 204 g/mol. The highest BCUT2D eigenvalue weighted by Crippen LogP contribution is 2.28. The van der Waals surface area contributed by atoms with Crippen molar-refractivity contribution in [2.75, 3.05) is 0 Å². The SMILES string of the molecule is NN=Cc1cc(O)c(Cl)cc1Cl. The van der Waals surface area contributed by atoms with Crippen molar-refractivity contribution < 1.29 is 5.11 Å². The van der Waals surface area contributed by atoms with Gasteiger partial charge in [0.15, 0.2) is 0 Å². The predicted molar refractivity (Wildman–Crippen MR) is 49.9 cm³/mol.